The predicted octanol–water partition coefficient (Wildman–Crippen LogP) is 5.57. The molecule has 0 spiro atoms. The zero-order chi connectivity index (χ0) is 29.9. The molecule has 2 aliphatic rings. The zero-order valence-corrected chi connectivity index (χ0v) is 23.9. The number of pyridine rings is 2. The number of carbonyl (C=O) groups is 1. The molecule has 1 amide bonds. The molecule has 4 heterocycles. The number of aromatic nitrogens is 2. The van der Waals surface area contributed by atoms with E-state index in [-0.39, 0.29) is 30.3 Å². The van der Waals surface area contributed by atoms with Crippen LogP contribution in [-0.4, -0.2) is 61.3 Å². The molecule has 9 nitrogen and oxygen atoms in total. The molecule has 0 atom stereocenters. The third kappa shape index (κ3) is 5.80. The number of fused-ring (bicyclic) bond motifs is 1. The quantitative estimate of drug-likeness (QED) is 0.287. The van der Waals surface area contributed by atoms with Gasteiger partial charge in [-0.3, -0.25) is 4.79 Å². The number of nitrogens with zero attached hydrogens (tertiary/aromatic N) is 4. The van der Waals surface area contributed by atoms with Crippen molar-refractivity contribution in [2.24, 2.45) is 0 Å². The molecule has 2 aromatic carbocycles. The molecule has 6 rings (SSSR count). The minimum Gasteiger partial charge on any atom is -0.497 e. The number of anilines is 3. The number of rotatable bonds is 8. The van der Waals surface area contributed by atoms with Gasteiger partial charge in [0.05, 0.1) is 74.0 Å². The van der Waals surface area contributed by atoms with E-state index in [0.29, 0.717) is 40.9 Å². The Balaban J connectivity index is 1.35. The normalized spacial score (nSPS) is 14.8. The molecule has 1 fully saturated rings. The third-order valence-electron chi connectivity index (χ3n) is 7.61. The van der Waals surface area contributed by atoms with Crippen LogP contribution in [0.15, 0.2) is 60.8 Å². The lowest BCUT2D eigenvalue weighted by Crippen LogP contribution is -2.25. The first-order valence-electron chi connectivity index (χ1n) is 14.0. The van der Waals surface area contributed by atoms with Crippen molar-refractivity contribution in [2.75, 3.05) is 50.7 Å². The maximum Gasteiger partial charge on any atom is 0.258 e. The molecule has 2 aliphatic heterocycles. The van der Waals surface area contributed by atoms with E-state index in [1.54, 1.807) is 37.4 Å². The number of hydrogen-bond acceptors (Lipinski definition) is 8. The molecule has 0 radical (unpaired) electrons. The van der Waals surface area contributed by atoms with Gasteiger partial charge < -0.3 is 29.3 Å². The second kappa shape index (κ2) is 12.2. The average molecular weight is 588 g/mol. The second-order valence-corrected chi connectivity index (χ2v) is 10.3. The van der Waals surface area contributed by atoms with Crippen LogP contribution in [-0.2, 0) is 17.8 Å². The van der Waals surface area contributed by atoms with Gasteiger partial charge in [-0.15, -0.1) is 0 Å². The van der Waals surface area contributed by atoms with Gasteiger partial charge in [0.15, 0.2) is 0 Å². The summed E-state index contributed by atoms with van der Waals surface area (Å²) >= 11 is 0. The molecule has 4 aromatic rings. The van der Waals surface area contributed by atoms with Crippen LogP contribution in [0.4, 0.5) is 26.0 Å². The number of nitrogens with one attached hydrogen (secondary N) is 1. The summed E-state index contributed by atoms with van der Waals surface area (Å²) in [5.41, 5.74) is 2.64. The van der Waals surface area contributed by atoms with E-state index in [1.165, 1.54) is 24.3 Å². The molecule has 43 heavy (non-hydrogen) atoms. The summed E-state index contributed by atoms with van der Waals surface area (Å²) in [5.74, 6) is -0.0818. The van der Waals surface area contributed by atoms with Crippen molar-refractivity contribution in [2.45, 2.75) is 19.5 Å². The molecule has 1 N–H and O–H groups in total. The standard InChI is InChI=1S/C32H31F2N5O4/c1-41-22-9-7-20(28(15-22)42-2)18-39-19-27-31(32(39)40)26(16-25(36-27)30-23(33)5-3-6-24(30)34)37-29-10-8-21(17-35-29)38-11-4-13-43-14-12-38/h3,5-10,15-17H,4,11-14,18-19H2,1-2H3,(H,35,36,37). The molecular weight excluding hydrogens is 556 g/mol. The minimum absolute atomic E-state index is 0.0784. The average Bonchev–Trinajstić information content (AvgIpc) is 3.16. The van der Waals surface area contributed by atoms with E-state index in [2.05, 4.69) is 20.2 Å². The highest BCUT2D eigenvalue weighted by Gasteiger charge is 2.33. The smallest absolute Gasteiger partial charge is 0.258 e. The van der Waals surface area contributed by atoms with Crippen molar-refractivity contribution < 1.29 is 27.8 Å². The second-order valence-electron chi connectivity index (χ2n) is 10.3. The first-order valence-corrected chi connectivity index (χ1v) is 14.0. The Morgan fingerprint density at radius 1 is 0.977 bits per heavy atom. The van der Waals surface area contributed by atoms with Crippen LogP contribution in [0.2, 0.25) is 0 Å². The van der Waals surface area contributed by atoms with E-state index in [1.807, 2.05) is 18.2 Å². The van der Waals surface area contributed by atoms with Crippen LogP contribution >= 0.6 is 0 Å². The molecule has 1 saturated heterocycles. The number of halogens is 2. The van der Waals surface area contributed by atoms with Crippen molar-refractivity contribution in [1.82, 2.24) is 14.9 Å². The van der Waals surface area contributed by atoms with E-state index in [4.69, 9.17) is 14.2 Å². The van der Waals surface area contributed by atoms with Gasteiger partial charge in [-0.25, -0.2) is 18.7 Å². The highest BCUT2D eigenvalue weighted by atomic mass is 19.1. The largest absolute Gasteiger partial charge is 0.497 e. The van der Waals surface area contributed by atoms with Gasteiger partial charge in [-0.05, 0) is 48.9 Å². The Labute approximate surface area is 248 Å². The van der Waals surface area contributed by atoms with Crippen LogP contribution < -0.4 is 19.7 Å². The monoisotopic (exact) mass is 587 g/mol. The highest BCUT2D eigenvalue weighted by molar-refractivity contribution is 6.04. The van der Waals surface area contributed by atoms with Crippen LogP contribution in [0.5, 0.6) is 11.5 Å². The van der Waals surface area contributed by atoms with Crippen molar-refractivity contribution in [3.8, 4) is 22.8 Å². The van der Waals surface area contributed by atoms with Crippen LogP contribution in [0.1, 0.15) is 28.0 Å². The van der Waals surface area contributed by atoms with Gasteiger partial charge in [0.2, 0.25) is 0 Å². The number of benzene rings is 2. The number of carbonyl (C=O) groups excluding carboxylic acids is 1. The highest BCUT2D eigenvalue weighted by Crippen LogP contribution is 2.37. The van der Waals surface area contributed by atoms with Crippen LogP contribution in [0, 0.1) is 11.6 Å². The van der Waals surface area contributed by atoms with Gasteiger partial charge in [-0.1, -0.05) is 6.07 Å². The lowest BCUT2D eigenvalue weighted by atomic mass is 10.1. The van der Waals surface area contributed by atoms with Crippen molar-refractivity contribution >= 4 is 23.1 Å². The Morgan fingerprint density at radius 3 is 2.56 bits per heavy atom. The van der Waals surface area contributed by atoms with Gasteiger partial charge in [-0.2, -0.15) is 0 Å². The number of hydrogen-bond donors (Lipinski definition) is 1. The molecule has 0 aliphatic carbocycles. The molecule has 0 saturated carbocycles. The Morgan fingerprint density at radius 2 is 1.81 bits per heavy atom. The third-order valence-corrected chi connectivity index (χ3v) is 7.61. The summed E-state index contributed by atoms with van der Waals surface area (Å²) in [6.07, 6.45) is 2.69. The van der Waals surface area contributed by atoms with Crippen LogP contribution in [0.3, 0.4) is 0 Å². The Kier molecular flexibility index (Phi) is 8.06. The minimum atomic E-state index is -0.744. The molecule has 2 aromatic heterocycles. The summed E-state index contributed by atoms with van der Waals surface area (Å²) in [5, 5.41) is 3.22. The summed E-state index contributed by atoms with van der Waals surface area (Å²) in [4.78, 5) is 26.8. The van der Waals surface area contributed by atoms with E-state index >= 15 is 0 Å². The van der Waals surface area contributed by atoms with E-state index in [0.717, 1.165) is 37.4 Å². The molecule has 0 unspecified atom stereocenters. The van der Waals surface area contributed by atoms with Crippen LogP contribution in [0.25, 0.3) is 11.3 Å². The number of ether oxygens (including phenoxy) is 3. The molecular formula is C32H31F2N5O4. The van der Waals surface area contributed by atoms with Gasteiger partial charge in [0.1, 0.15) is 29.0 Å². The predicted molar refractivity (Wildman–Crippen MR) is 158 cm³/mol. The molecule has 11 heteroatoms. The van der Waals surface area contributed by atoms with Crippen molar-refractivity contribution in [3.05, 3.63) is 89.2 Å². The molecule has 0 bridgehead atoms. The van der Waals surface area contributed by atoms with Gasteiger partial charge >= 0.3 is 0 Å². The lowest BCUT2D eigenvalue weighted by molar-refractivity contribution is 0.0766. The first kappa shape index (κ1) is 28.4. The fourth-order valence-corrected chi connectivity index (χ4v) is 5.44. The fourth-order valence-electron chi connectivity index (χ4n) is 5.44. The van der Waals surface area contributed by atoms with Gasteiger partial charge in [0.25, 0.3) is 5.91 Å². The number of methoxy groups -OCH3 is 2. The van der Waals surface area contributed by atoms with Gasteiger partial charge in [0, 0.05) is 31.3 Å². The maximum absolute atomic E-state index is 14.9. The Bertz CT molecular complexity index is 1620. The maximum atomic E-state index is 14.9. The summed E-state index contributed by atoms with van der Waals surface area (Å²) in [7, 11) is 3.12. The van der Waals surface area contributed by atoms with Crippen molar-refractivity contribution in [1.29, 1.82) is 0 Å². The summed E-state index contributed by atoms with van der Waals surface area (Å²) in [6.45, 7) is 3.40. The number of amides is 1. The Hall–Kier alpha value is -4.77. The fraction of sp³-hybridized carbons (Fsp3) is 0.281. The van der Waals surface area contributed by atoms with Crippen molar-refractivity contribution in [3.63, 3.8) is 0 Å². The molecule has 222 valence electrons. The van der Waals surface area contributed by atoms with E-state index < -0.39 is 11.6 Å². The SMILES string of the molecule is COc1ccc(CN2Cc3nc(-c4c(F)cccc4F)cc(Nc4ccc(N5CCCOCC5)cn4)c3C2=O)c(OC)c1. The topological polar surface area (TPSA) is 89.0 Å². The summed E-state index contributed by atoms with van der Waals surface area (Å²) < 4.78 is 46.1. The first-order chi connectivity index (χ1) is 20.9. The zero-order valence-electron chi connectivity index (χ0n) is 23.9. The summed E-state index contributed by atoms with van der Waals surface area (Å²) in [6, 6.07) is 14.3. The lowest BCUT2D eigenvalue weighted by Gasteiger charge is -2.21. The van der Waals surface area contributed by atoms with E-state index in [9.17, 15) is 13.6 Å².